The lowest BCUT2D eigenvalue weighted by Gasteiger charge is -2.45. The van der Waals surface area contributed by atoms with E-state index >= 15 is 0 Å². The van der Waals surface area contributed by atoms with E-state index in [4.69, 9.17) is 16.3 Å². The fourth-order valence-electron chi connectivity index (χ4n) is 3.41. The van der Waals surface area contributed by atoms with Crippen molar-refractivity contribution in [3.05, 3.63) is 58.6 Å². The molecule has 1 saturated heterocycles. The Kier molecular flexibility index (Phi) is 6.06. The zero-order chi connectivity index (χ0) is 23.0. The molecule has 1 fully saturated rings. The van der Waals surface area contributed by atoms with Gasteiger partial charge in [0.1, 0.15) is 5.92 Å². The molecule has 2 aromatic rings. The highest BCUT2D eigenvalue weighted by atomic mass is 35.5. The Morgan fingerprint density at radius 1 is 1.23 bits per heavy atom. The fraction of sp³-hybridized carbons (Fsp3) is 0.300. The van der Waals surface area contributed by atoms with Gasteiger partial charge in [0.25, 0.3) is 0 Å². The molecule has 1 aliphatic rings. The van der Waals surface area contributed by atoms with Crippen molar-refractivity contribution in [3.8, 4) is 11.5 Å². The summed E-state index contributed by atoms with van der Waals surface area (Å²) >= 11 is 5.79. The minimum Gasteiger partial charge on any atom is -0.504 e. The summed E-state index contributed by atoms with van der Waals surface area (Å²) in [6.07, 6.45) is -5.38. The normalized spacial score (nSPS) is 23.6. The third-order valence-electron chi connectivity index (χ3n) is 4.86. The maximum absolute atomic E-state index is 13.9. The SMILES string of the molecule is CCOc1cc([C@H]2NC(=O)N[C@](O)(C(F)(F)F)[C@@H]2C(=O)c2ccc(Cl)cc2)ccc1O. The first-order chi connectivity index (χ1) is 14.5. The standard InChI is InChI=1S/C20H18ClF3N2O5/c1-2-31-14-9-11(5-8-13(14)27)16-15(17(28)10-3-6-12(21)7-4-10)19(30,20(22,23)24)26-18(29)25-16/h3-9,15-16,27,30H,2H2,1H3,(H2,25,26,29)/t15-,16+,19+/m0/s1. The van der Waals surface area contributed by atoms with Gasteiger partial charge in [-0.3, -0.25) is 4.79 Å². The van der Waals surface area contributed by atoms with Crippen LogP contribution in [-0.4, -0.2) is 40.5 Å². The number of alkyl halides is 3. The molecule has 1 aliphatic heterocycles. The van der Waals surface area contributed by atoms with Gasteiger partial charge in [-0.15, -0.1) is 0 Å². The number of aliphatic hydroxyl groups is 1. The predicted molar refractivity (Wildman–Crippen MR) is 104 cm³/mol. The number of halogens is 4. The van der Waals surface area contributed by atoms with Crippen molar-refractivity contribution in [2.45, 2.75) is 24.9 Å². The second kappa shape index (κ2) is 8.27. The van der Waals surface area contributed by atoms with Gasteiger partial charge in [0, 0.05) is 10.6 Å². The van der Waals surface area contributed by atoms with Gasteiger partial charge >= 0.3 is 12.2 Å². The highest BCUT2D eigenvalue weighted by molar-refractivity contribution is 6.30. The Balaban J connectivity index is 2.17. The Bertz CT molecular complexity index is 999. The van der Waals surface area contributed by atoms with E-state index in [0.717, 1.165) is 6.07 Å². The molecule has 0 aliphatic carbocycles. The van der Waals surface area contributed by atoms with E-state index in [1.54, 1.807) is 6.92 Å². The molecular weight excluding hydrogens is 441 g/mol. The first kappa shape index (κ1) is 22.7. The van der Waals surface area contributed by atoms with Crippen LogP contribution in [0.5, 0.6) is 11.5 Å². The minimum absolute atomic E-state index is 0.0195. The number of nitrogens with one attached hydrogen (secondary N) is 2. The Hall–Kier alpha value is -2.98. The van der Waals surface area contributed by atoms with Crippen LogP contribution in [-0.2, 0) is 0 Å². The van der Waals surface area contributed by atoms with Gasteiger partial charge in [0.2, 0.25) is 5.72 Å². The van der Waals surface area contributed by atoms with Gasteiger partial charge in [-0.25, -0.2) is 4.79 Å². The third-order valence-corrected chi connectivity index (χ3v) is 5.11. The lowest BCUT2D eigenvalue weighted by Crippen LogP contribution is -2.72. The summed E-state index contributed by atoms with van der Waals surface area (Å²) in [5.41, 5.74) is -3.99. The molecule has 0 bridgehead atoms. The number of carbonyl (C=O) groups excluding carboxylic acids is 2. The monoisotopic (exact) mass is 458 g/mol. The highest BCUT2D eigenvalue weighted by Crippen LogP contribution is 2.45. The molecular formula is C20H18ClF3N2O5. The van der Waals surface area contributed by atoms with Gasteiger partial charge in [-0.05, 0) is 48.9 Å². The predicted octanol–water partition coefficient (Wildman–Crippen LogP) is 3.55. The molecule has 1 heterocycles. The summed E-state index contributed by atoms with van der Waals surface area (Å²) in [7, 11) is 0. The van der Waals surface area contributed by atoms with E-state index < -0.39 is 35.7 Å². The Morgan fingerprint density at radius 3 is 2.45 bits per heavy atom. The topological polar surface area (TPSA) is 108 Å². The van der Waals surface area contributed by atoms with Crippen LogP contribution < -0.4 is 15.4 Å². The van der Waals surface area contributed by atoms with E-state index in [9.17, 15) is 33.0 Å². The minimum atomic E-state index is -5.38. The third kappa shape index (κ3) is 4.26. The average molecular weight is 459 g/mol. The van der Waals surface area contributed by atoms with Crippen molar-refractivity contribution < 1.29 is 37.7 Å². The zero-order valence-corrected chi connectivity index (χ0v) is 16.8. The number of hydrogen-bond donors (Lipinski definition) is 4. The van der Waals surface area contributed by atoms with E-state index in [1.165, 1.54) is 41.7 Å². The van der Waals surface area contributed by atoms with Crippen LogP contribution in [0.1, 0.15) is 28.9 Å². The van der Waals surface area contributed by atoms with Gasteiger partial charge < -0.3 is 25.6 Å². The molecule has 2 aromatic carbocycles. The molecule has 0 aromatic heterocycles. The highest BCUT2D eigenvalue weighted by Gasteiger charge is 2.66. The summed E-state index contributed by atoms with van der Waals surface area (Å²) < 4.78 is 47.0. The number of hydrogen-bond acceptors (Lipinski definition) is 5. The Labute approximate surface area is 179 Å². The van der Waals surface area contributed by atoms with E-state index in [1.807, 2.05) is 0 Å². The number of urea groups is 1. The fourth-order valence-corrected chi connectivity index (χ4v) is 3.53. The second-order valence-electron chi connectivity index (χ2n) is 6.85. The van der Waals surface area contributed by atoms with Crippen LogP contribution >= 0.6 is 11.6 Å². The van der Waals surface area contributed by atoms with Crippen LogP contribution in [0, 0.1) is 5.92 Å². The summed E-state index contributed by atoms with van der Waals surface area (Å²) in [5.74, 6) is -3.62. The van der Waals surface area contributed by atoms with Gasteiger partial charge in [-0.1, -0.05) is 17.7 Å². The van der Waals surface area contributed by atoms with Gasteiger partial charge in [0.15, 0.2) is 17.3 Å². The number of carbonyl (C=O) groups is 2. The van der Waals surface area contributed by atoms with E-state index in [0.29, 0.717) is 0 Å². The summed E-state index contributed by atoms with van der Waals surface area (Å²) in [6, 6.07) is 5.75. The summed E-state index contributed by atoms with van der Waals surface area (Å²) in [6.45, 7) is 1.78. The molecule has 0 spiro atoms. The number of aromatic hydroxyl groups is 1. The van der Waals surface area contributed by atoms with Gasteiger partial charge in [-0.2, -0.15) is 13.2 Å². The maximum Gasteiger partial charge on any atom is 0.437 e. The molecule has 11 heteroatoms. The molecule has 3 atom stereocenters. The number of Topliss-reactive ketones (excluding diaryl/α,β-unsaturated/α-hetero) is 1. The van der Waals surface area contributed by atoms with Gasteiger partial charge in [0.05, 0.1) is 12.6 Å². The van der Waals surface area contributed by atoms with Crippen molar-refractivity contribution in [2.24, 2.45) is 5.92 Å². The number of ketones is 1. The first-order valence-corrected chi connectivity index (χ1v) is 9.49. The number of ether oxygens (including phenoxy) is 1. The summed E-state index contributed by atoms with van der Waals surface area (Å²) in [4.78, 5) is 25.2. The molecule has 2 amide bonds. The van der Waals surface area contributed by atoms with Crippen molar-refractivity contribution >= 4 is 23.4 Å². The average Bonchev–Trinajstić information content (AvgIpc) is 2.68. The van der Waals surface area contributed by atoms with Crippen molar-refractivity contribution in [1.29, 1.82) is 0 Å². The molecule has 4 N–H and O–H groups in total. The molecule has 0 unspecified atom stereocenters. The van der Waals surface area contributed by atoms with Crippen LogP contribution in [0.3, 0.4) is 0 Å². The van der Waals surface area contributed by atoms with Crippen molar-refractivity contribution in [3.63, 3.8) is 0 Å². The molecule has 31 heavy (non-hydrogen) atoms. The molecule has 0 radical (unpaired) electrons. The largest absolute Gasteiger partial charge is 0.504 e. The Morgan fingerprint density at radius 2 is 1.87 bits per heavy atom. The van der Waals surface area contributed by atoms with E-state index in [2.05, 4.69) is 5.32 Å². The van der Waals surface area contributed by atoms with Crippen molar-refractivity contribution in [2.75, 3.05) is 6.61 Å². The maximum atomic E-state index is 13.9. The number of rotatable bonds is 5. The smallest absolute Gasteiger partial charge is 0.437 e. The number of phenols is 1. The van der Waals surface area contributed by atoms with Crippen LogP contribution in [0.2, 0.25) is 5.02 Å². The zero-order valence-electron chi connectivity index (χ0n) is 16.0. The molecule has 166 valence electrons. The summed E-state index contributed by atoms with van der Waals surface area (Å²) in [5, 5.41) is 24.4. The molecule has 0 saturated carbocycles. The molecule has 7 nitrogen and oxygen atoms in total. The van der Waals surface area contributed by atoms with Crippen molar-refractivity contribution in [1.82, 2.24) is 10.6 Å². The first-order valence-electron chi connectivity index (χ1n) is 9.11. The lowest BCUT2D eigenvalue weighted by atomic mass is 9.77. The quantitative estimate of drug-likeness (QED) is 0.512. The lowest BCUT2D eigenvalue weighted by molar-refractivity contribution is -0.287. The molecule has 3 rings (SSSR count). The number of amides is 2. The number of phenolic OH excluding ortho intramolecular Hbond substituents is 1. The second-order valence-corrected chi connectivity index (χ2v) is 7.29. The van der Waals surface area contributed by atoms with Crippen LogP contribution in [0.25, 0.3) is 0 Å². The van der Waals surface area contributed by atoms with E-state index in [-0.39, 0.29) is 34.3 Å². The van der Waals surface area contributed by atoms with Crippen LogP contribution in [0.15, 0.2) is 42.5 Å². The number of benzene rings is 2. The van der Waals surface area contributed by atoms with Crippen LogP contribution in [0.4, 0.5) is 18.0 Å².